The van der Waals surface area contributed by atoms with Crippen molar-refractivity contribution in [1.29, 1.82) is 0 Å². The Balaban J connectivity index is 0.00000225. The minimum absolute atomic E-state index is 0. The van der Waals surface area contributed by atoms with Crippen molar-refractivity contribution in [2.45, 2.75) is 6.54 Å². The molecule has 0 radical (unpaired) electrons. The summed E-state index contributed by atoms with van der Waals surface area (Å²) in [7, 11) is 0. The molecule has 0 saturated carbocycles. The lowest BCUT2D eigenvalue weighted by molar-refractivity contribution is -0.00000422. The largest absolute Gasteiger partial charge is 1.00 e. The SMILES string of the molecule is OCCOCCNCc1ccc(Cl)cc1.[Cl-]. The van der Waals surface area contributed by atoms with Crippen LogP contribution in [0.2, 0.25) is 5.02 Å². The predicted molar refractivity (Wildman–Crippen MR) is 61.1 cm³/mol. The molecule has 1 aromatic carbocycles. The van der Waals surface area contributed by atoms with E-state index in [0.717, 1.165) is 18.1 Å². The quantitative estimate of drug-likeness (QED) is 0.586. The third-order valence-corrected chi connectivity index (χ3v) is 2.15. The zero-order valence-corrected chi connectivity index (χ0v) is 10.5. The van der Waals surface area contributed by atoms with Crippen molar-refractivity contribution < 1.29 is 22.3 Å². The molecular weight excluding hydrogens is 249 g/mol. The van der Waals surface area contributed by atoms with Gasteiger partial charge >= 0.3 is 0 Å². The van der Waals surface area contributed by atoms with Crippen LogP contribution in [0.1, 0.15) is 5.56 Å². The molecule has 0 amide bonds. The highest BCUT2D eigenvalue weighted by Crippen LogP contribution is 2.08. The highest BCUT2D eigenvalue weighted by atomic mass is 35.5. The summed E-state index contributed by atoms with van der Waals surface area (Å²) in [5.74, 6) is 0. The summed E-state index contributed by atoms with van der Waals surface area (Å²) in [6, 6.07) is 7.73. The van der Waals surface area contributed by atoms with Gasteiger partial charge in [0.2, 0.25) is 0 Å². The number of hydrogen-bond acceptors (Lipinski definition) is 3. The molecule has 0 bridgehead atoms. The van der Waals surface area contributed by atoms with E-state index in [0.29, 0.717) is 13.2 Å². The second kappa shape index (κ2) is 9.87. The summed E-state index contributed by atoms with van der Waals surface area (Å²) in [6.45, 7) is 2.69. The van der Waals surface area contributed by atoms with Gasteiger partial charge in [-0.05, 0) is 17.7 Å². The summed E-state index contributed by atoms with van der Waals surface area (Å²) in [5.41, 5.74) is 1.20. The minimum Gasteiger partial charge on any atom is -1.00 e. The van der Waals surface area contributed by atoms with Crippen LogP contribution in [0.4, 0.5) is 0 Å². The topological polar surface area (TPSA) is 41.5 Å². The first kappa shape index (κ1) is 15.7. The molecule has 92 valence electrons. The number of halogens is 2. The van der Waals surface area contributed by atoms with Crippen molar-refractivity contribution in [3.05, 3.63) is 34.9 Å². The van der Waals surface area contributed by atoms with E-state index in [-0.39, 0.29) is 19.0 Å². The van der Waals surface area contributed by atoms with E-state index in [4.69, 9.17) is 21.4 Å². The van der Waals surface area contributed by atoms with Gasteiger partial charge < -0.3 is 27.6 Å². The summed E-state index contributed by atoms with van der Waals surface area (Å²) in [6.07, 6.45) is 0. The van der Waals surface area contributed by atoms with Gasteiger partial charge in [0, 0.05) is 18.1 Å². The molecule has 0 aliphatic heterocycles. The Bertz CT molecular complexity index is 267. The van der Waals surface area contributed by atoms with Gasteiger partial charge in [0.1, 0.15) is 0 Å². The van der Waals surface area contributed by atoms with Gasteiger partial charge in [0.25, 0.3) is 0 Å². The van der Waals surface area contributed by atoms with Crippen molar-refractivity contribution in [1.82, 2.24) is 5.32 Å². The maximum absolute atomic E-state index is 8.47. The van der Waals surface area contributed by atoms with Crippen LogP contribution in [0.3, 0.4) is 0 Å². The molecule has 0 fully saturated rings. The monoisotopic (exact) mass is 264 g/mol. The van der Waals surface area contributed by atoms with Gasteiger partial charge in [0.05, 0.1) is 19.8 Å². The normalized spacial score (nSPS) is 9.88. The molecule has 5 heteroatoms. The Morgan fingerprint density at radius 1 is 1.19 bits per heavy atom. The zero-order valence-electron chi connectivity index (χ0n) is 8.96. The fraction of sp³-hybridized carbons (Fsp3) is 0.455. The molecule has 0 heterocycles. The van der Waals surface area contributed by atoms with Crippen LogP contribution in [0.5, 0.6) is 0 Å². The Morgan fingerprint density at radius 3 is 2.50 bits per heavy atom. The lowest BCUT2D eigenvalue weighted by Gasteiger charge is -2.05. The van der Waals surface area contributed by atoms with E-state index in [1.165, 1.54) is 5.56 Å². The molecule has 0 saturated heterocycles. The van der Waals surface area contributed by atoms with Crippen LogP contribution in [0, 0.1) is 0 Å². The Labute approximate surface area is 107 Å². The minimum atomic E-state index is 0. The van der Waals surface area contributed by atoms with Gasteiger partial charge in [-0.1, -0.05) is 23.7 Å². The van der Waals surface area contributed by atoms with Crippen LogP contribution < -0.4 is 17.7 Å². The van der Waals surface area contributed by atoms with Gasteiger partial charge in [-0.15, -0.1) is 0 Å². The van der Waals surface area contributed by atoms with E-state index in [1.54, 1.807) is 0 Å². The Kier molecular flexibility index (Phi) is 9.68. The van der Waals surface area contributed by atoms with Gasteiger partial charge in [-0.3, -0.25) is 0 Å². The van der Waals surface area contributed by atoms with Crippen LogP contribution in [0.25, 0.3) is 0 Å². The average molecular weight is 265 g/mol. The molecule has 0 aromatic heterocycles. The first-order valence-electron chi connectivity index (χ1n) is 4.96. The molecule has 0 aliphatic rings. The van der Waals surface area contributed by atoms with Crippen LogP contribution >= 0.6 is 11.6 Å². The molecule has 0 aliphatic carbocycles. The van der Waals surface area contributed by atoms with Gasteiger partial charge in [-0.25, -0.2) is 0 Å². The molecule has 16 heavy (non-hydrogen) atoms. The molecule has 1 aromatic rings. The van der Waals surface area contributed by atoms with E-state index in [1.807, 2.05) is 24.3 Å². The second-order valence-corrected chi connectivity index (χ2v) is 3.58. The summed E-state index contributed by atoms with van der Waals surface area (Å²) < 4.78 is 5.11. The number of hydrogen-bond donors (Lipinski definition) is 2. The van der Waals surface area contributed by atoms with Crippen molar-refractivity contribution in [3.8, 4) is 0 Å². The first-order chi connectivity index (χ1) is 7.33. The predicted octanol–water partition coefficient (Wildman–Crippen LogP) is -1.56. The van der Waals surface area contributed by atoms with E-state index < -0.39 is 0 Å². The second-order valence-electron chi connectivity index (χ2n) is 3.14. The highest BCUT2D eigenvalue weighted by molar-refractivity contribution is 6.30. The van der Waals surface area contributed by atoms with Crippen LogP contribution in [-0.4, -0.2) is 31.5 Å². The number of aliphatic hydroxyl groups excluding tert-OH is 1. The van der Waals surface area contributed by atoms with Gasteiger partial charge in [0.15, 0.2) is 0 Å². The van der Waals surface area contributed by atoms with E-state index in [2.05, 4.69) is 5.32 Å². The van der Waals surface area contributed by atoms with Crippen molar-refractivity contribution in [2.75, 3.05) is 26.4 Å². The fourth-order valence-corrected chi connectivity index (χ4v) is 1.27. The van der Waals surface area contributed by atoms with Crippen molar-refractivity contribution in [2.24, 2.45) is 0 Å². The number of benzene rings is 1. The molecular formula is C11H16Cl2NO2-. The number of nitrogens with one attached hydrogen (secondary N) is 1. The third kappa shape index (κ3) is 7.04. The lowest BCUT2D eigenvalue weighted by atomic mass is 10.2. The average Bonchev–Trinajstić information content (AvgIpc) is 2.26. The van der Waals surface area contributed by atoms with Crippen molar-refractivity contribution in [3.63, 3.8) is 0 Å². The first-order valence-corrected chi connectivity index (χ1v) is 5.34. The van der Waals surface area contributed by atoms with Gasteiger partial charge in [-0.2, -0.15) is 0 Å². The van der Waals surface area contributed by atoms with Crippen LogP contribution in [0.15, 0.2) is 24.3 Å². The Morgan fingerprint density at radius 2 is 1.88 bits per heavy atom. The zero-order chi connectivity index (χ0) is 10.9. The highest BCUT2D eigenvalue weighted by Gasteiger charge is 1.92. The van der Waals surface area contributed by atoms with Crippen LogP contribution in [-0.2, 0) is 11.3 Å². The van der Waals surface area contributed by atoms with Crippen molar-refractivity contribution >= 4 is 11.6 Å². The summed E-state index contributed by atoms with van der Waals surface area (Å²) in [5, 5.41) is 12.5. The summed E-state index contributed by atoms with van der Waals surface area (Å²) in [4.78, 5) is 0. The standard InChI is InChI=1S/C11H16ClNO2.ClH/c12-11-3-1-10(2-4-11)9-13-5-7-15-8-6-14;/h1-4,13-14H,5-9H2;1H/p-1. The number of ether oxygens (including phenoxy) is 1. The fourth-order valence-electron chi connectivity index (χ4n) is 1.15. The maximum Gasteiger partial charge on any atom is 0.0698 e. The molecule has 3 nitrogen and oxygen atoms in total. The molecule has 1 rings (SSSR count). The maximum atomic E-state index is 8.47. The number of aliphatic hydroxyl groups is 1. The smallest absolute Gasteiger partial charge is 0.0698 e. The molecule has 2 N–H and O–H groups in total. The van der Waals surface area contributed by atoms with E-state index >= 15 is 0 Å². The summed E-state index contributed by atoms with van der Waals surface area (Å²) >= 11 is 5.77. The lowest BCUT2D eigenvalue weighted by Crippen LogP contribution is -3.00. The third-order valence-electron chi connectivity index (χ3n) is 1.90. The molecule has 0 spiro atoms. The Hall–Kier alpha value is -0.320. The number of rotatable bonds is 7. The molecule has 0 unspecified atom stereocenters. The molecule has 0 atom stereocenters. The van der Waals surface area contributed by atoms with E-state index in [9.17, 15) is 0 Å².